The van der Waals surface area contributed by atoms with Gasteiger partial charge in [-0.3, -0.25) is 9.59 Å². The largest absolute Gasteiger partial charge is 0.350 e. The van der Waals surface area contributed by atoms with Gasteiger partial charge in [0.15, 0.2) is 10.6 Å². The number of thioether (sulfide) groups is 1. The Kier molecular flexibility index (Phi) is 6.20. The van der Waals surface area contributed by atoms with Gasteiger partial charge in [0.25, 0.3) is 0 Å². The third-order valence-electron chi connectivity index (χ3n) is 4.47. The first kappa shape index (κ1) is 19.3. The van der Waals surface area contributed by atoms with E-state index in [9.17, 15) is 9.59 Å². The Morgan fingerprint density at radius 3 is 2.82 bits per heavy atom. The number of aromatic nitrogens is 2. The summed E-state index contributed by atoms with van der Waals surface area (Å²) in [5, 5.41) is 11.4. The van der Waals surface area contributed by atoms with E-state index in [-0.39, 0.29) is 24.5 Å². The van der Waals surface area contributed by atoms with Crippen LogP contribution in [0.3, 0.4) is 0 Å². The van der Waals surface area contributed by atoms with Gasteiger partial charge in [0.05, 0.1) is 19.1 Å². The van der Waals surface area contributed by atoms with Crippen molar-refractivity contribution >= 4 is 45.7 Å². The Morgan fingerprint density at radius 2 is 2.04 bits per heavy atom. The van der Waals surface area contributed by atoms with E-state index in [2.05, 4.69) is 15.5 Å². The van der Waals surface area contributed by atoms with E-state index in [1.807, 2.05) is 30.3 Å². The van der Waals surface area contributed by atoms with Crippen LogP contribution in [-0.2, 0) is 19.1 Å². The summed E-state index contributed by atoms with van der Waals surface area (Å²) >= 11 is 2.89. The maximum Gasteiger partial charge on any atom is 0.231 e. The Labute approximate surface area is 170 Å². The summed E-state index contributed by atoms with van der Waals surface area (Å²) in [6.07, 6.45) is 0.848. The molecule has 0 bridgehead atoms. The van der Waals surface area contributed by atoms with Gasteiger partial charge >= 0.3 is 0 Å². The number of para-hydroxylation sites is 1. The minimum absolute atomic E-state index is 0.0452. The number of benzene rings is 1. The van der Waals surface area contributed by atoms with E-state index < -0.39 is 5.92 Å². The first-order valence-electron chi connectivity index (χ1n) is 9.05. The molecule has 0 saturated carbocycles. The third kappa shape index (κ3) is 4.69. The van der Waals surface area contributed by atoms with E-state index in [1.165, 1.54) is 11.3 Å². The zero-order valence-electron chi connectivity index (χ0n) is 15.1. The number of carbonyl (C=O) groups excluding carboxylic acids is 2. The second-order valence-corrected chi connectivity index (χ2v) is 8.73. The average molecular weight is 421 g/mol. The first-order valence-corrected chi connectivity index (χ1v) is 10.8. The molecule has 148 valence electrons. The van der Waals surface area contributed by atoms with Gasteiger partial charge in [0.2, 0.25) is 16.9 Å². The molecule has 1 N–H and O–H groups in total. The topological polar surface area (TPSA) is 93.6 Å². The zero-order valence-corrected chi connectivity index (χ0v) is 16.7. The molecule has 2 aromatic rings. The number of nitrogens with one attached hydrogen (secondary N) is 1. The van der Waals surface area contributed by atoms with Crippen molar-refractivity contribution in [2.24, 2.45) is 5.92 Å². The van der Waals surface area contributed by atoms with E-state index in [0.717, 1.165) is 22.2 Å². The molecule has 1 atom stereocenters. The van der Waals surface area contributed by atoms with E-state index in [4.69, 9.17) is 9.47 Å². The lowest BCUT2D eigenvalue weighted by Gasteiger charge is -2.16. The van der Waals surface area contributed by atoms with Gasteiger partial charge in [-0.15, -0.1) is 10.2 Å². The van der Waals surface area contributed by atoms with Crippen LogP contribution in [0.1, 0.15) is 12.8 Å². The molecule has 28 heavy (non-hydrogen) atoms. The number of hydrogen-bond donors (Lipinski definition) is 1. The lowest BCUT2D eigenvalue weighted by atomic mass is 10.1. The number of nitrogens with zero attached hydrogens (tertiary/aromatic N) is 3. The average Bonchev–Trinajstić information content (AvgIpc) is 3.44. The van der Waals surface area contributed by atoms with Crippen LogP contribution in [0.5, 0.6) is 0 Å². The third-order valence-corrected chi connectivity index (χ3v) is 6.48. The molecule has 2 aliphatic rings. The molecule has 0 radical (unpaired) electrons. The molecule has 0 aliphatic carbocycles. The first-order chi connectivity index (χ1) is 13.7. The van der Waals surface area contributed by atoms with Crippen LogP contribution in [0.25, 0.3) is 0 Å². The maximum absolute atomic E-state index is 12.5. The van der Waals surface area contributed by atoms with Crippen molar-refractivity contribution in [3.05, 3.63) is 30.3 Å². The second-order valence-electron chi connectivity index (χ2n) is 6.41. The summed E-state index contributed by atoms with van der Waals surface area (Å²) in [6.45, 7) is 1.67. The van der Waals surface area contributed by atoms with Crippen LogP contribution in [0.15, 0.2) is 34.7 Å². The highest BCUT2D eigenvalue weighted by atomic mass is 32.2. The molecule has 3 heterocycles. The van der Waals surface area contributed by atoms with Gasteiger partial charge in [0.1, 0.15) is 0 Å². The number of carbonyl (C=O) groups is 2. The van der Waals surface area contributed by atoms with E-state index in [0.29, 0.717) is 24.9 Å². The van der Waals surface area contributed by atoms with Crippen molar-refractivity contribution in [1.82, 2.24) is 10.2 Å². The Balaban J connectivity index is 1.27. The fraction of sp³-hybridized carbons (Fsp3) is 0.444. The molecule has 4 rings (SSSR count). The van der Waals surface area contributed by atoms with Crippen molar-refractivity contribution in [1.29, 1.82) is 0 Å². The summed E-state index contributed by atoms with van der Waals surface area (Å²) in [5.74, 6) is 0.156. The monoisotopic (exact) mass is 420 g/mol. The molecule has 2 saturated heterocycles. The molecule has 10 heteroatoms. The van der Waals surface area contributed by atoms with Crippen LogP contribution in [0.2, 0.25) is 0 Å². The van der Waals surface area contributed by atoms with Gasteiger partial charge in [-0.25, -0.2) is 0 Å². The molecular formula is C18H20N4O4S2. The van der Waals surface area contributed by atoms with E-state index in [1.54, 1.807) is 16.7 Å². The minimum Gasteiger partial charge on any atom is -0.350 e. The highest BCUT2D eigenvalue weighted by Crippen LogP contribution is 2.29. The van der Waals surface area contributed by atoms with E-state index >= 15 is 0 Å². The molecule has 1 aromatic carbocycles. The molecule has 0 spiro atoms. The van der Waals surface area contributed by atoms with Crippen LogP contribution in [-0.4, -0.2) is 53.8 Å². The summed E-state index contributed by atoms with van der Waals surface area (Å²) in [5.41, 5.74) is 0.813. The van der Waals surface area contributed by atoms with Crippen molar-refractivity contribution in [3.63, 3.8) is 0 Å². The normalized spacial score (nSPS) is 20.1. The van der Waals surface area contributed by atoms with Crippen LogP contribution in [0.4, 0.5) is 10.8 Å². The highest BCUT2D eigenvalue weighted by molar-refractivity contribution is 8.01. The summed E-state index contributed by atoms with van der Waals surface area (Å²) in [6, 6.07) is 9.39. The highest BCUT2D eigenvalue weighted by Gasteiger charge is 2.35. The molecule has 2 aliphatic heterocycles. The molecule has 2 fully saturated rings. The van der Waals surface area contributed by atoms with Gasteiger partial charge in [-0.2, -0.15) is 0 Å². The van der Waals surface area contributed by atoms with Crippen LogP contribution >= 0.6 is 23.1 Å². The molecular weight excluding hydrogens is 400 g/mol. The van der Waals surface area contributed by atoms with Crippen molar-refractivity contribution in [3.8, 4) is 0 Å². The lowest BCUT2D eigenvalue weighted by Crippen LogP contribution is -2.28. The van der Waals surface area contributed by atoms with Gasteiger partial charge in [0, 0.05) is 30.8 Å². The lowest BCUT2D eigenvalue weighted by molar-refractivity contribution is -0.122. The van der Waals surface area contributed by atoms with Crippen LogP contribution in [0, 0.1) is 5.92 Å². The molecule has 0 unspecified atom stereocenters. The fourth-order valence-electron chi connectivity index (χ4n) is 3.08. The zero-order chi connectivity index (χ0) is 19.3. The SMILES string of the molecule is O=C(Nc1nnc(SCCC2OCCO2)s1)[C@H]1CC(=O)N(c2ccccc2)C1. The number of rotatable bonds is 7. The number of amides is 2. The molecule has 2 amide bonds. The summed E-state index contributed by atoms with van der Waals surface area (Å²) < 4.78 is 11.6. The van der Waals surface area contributed by atoms with Crippen molar-refractivity contribution in [2.75, 3.05) is 35.7 Å². The Bertz CT molecular complexity index is 826. The van der Waals surface area contributed by atoms with Gasteiger partial charge < -0.3 is 19.7 Å². The number of anilines is 2. The molecule has 8 nitrogen and oxygen atoms in total. The molecule has 1 aromatic heterocycles. The number of hydrogen-bond acceptors (Lipinski definition) is 8. The Hall–Kier alpha value is -2.01. The van der Waals surface area contributed by atoms with Crippen molar-refractivity contribution < 1.29 is 19.1 Å². The quantitative estimate of drug-likeness (QED) is 0.543. The predicted octanol–water partition coefficient (Wildman–Crippen LogP) is 2.38. The predicted molar refractivity (Wildman–Crippen MR) is 106 cm³/mol. The summed E-state index contributed by atoms with van der Waals surface area (Å²) in [4.78, 5) is 26.5. The standard InChI is InChI=1S/C18H20N4O4S2/c23-14-10-12(11-22(14)13-4-2-1-3-5-13)16(24)19-17-20-21-18(28-17)27-9-6-15-25-7-8-26-15/h1-5,12,15H,6-11H2,(H,19,20,24)/t12-/m0/s1. The smallest absolute Gasteiger partial charge is 0.231 e. The summed E-state index contributed by atoms with van der Waals surface area (Å²) in [7, 11) is 0. The van der Waals surface area contributed by atoms with Gasteiger partial charge in [-0.1, -0.05) is 41.3 Å². The maximum atomic E-state index is 12.5. The fourth-order valence-corrected chi connectivity index (χ4v) is 4.87. The second kappa shape index (κ2) is 8.99. The van der Waals surface area contributed by atoms with Crippen molar-refractivity contribution in [2.45, 2.75) is 23.5 Å². The van der Waals surface area contributed by atoms with Gasteiger partial charge in [-0.05, 0) is 12.1 Å². The Morgan fingerprint density at radius 1 is 1.25 bits per heavy atom. The number of ether oxygens (including phenoxy) is 2. The minimum atomic E-state index is -0.399. The van der Waals surface area contributed by atoms with Crippen LogP contribution < -0.4 is 10.2 Å².